The molecule has 354 valence electrons. The first-order chi connectivity index (χ1) is 37.6. The van der Waals surface area contributed by atoms with E-state index in [9.17, 15) is 0 Å². The van der Waals surface area contributed by atoms with E-state index in [4.69, 9.17) is 23.8 Å². The fourth-order valence-electron chi connectivity index (χ4n) is 11.6. The number of benzene rings is 11. The molecule has 5 heterocycles. The molecule has 7 nitrogen and oxygen atoms in total. The molecule has 0 atom stereocenters. The van der Waals surface area contributed by atoms with Gasteiger partial charge in [-0.1, -0.05) is 164 Å². The molecule has 0 bridgehead atoms. The standard InChI is InChI=1S/C69H41N5O2/c1-3-14-42(15-4-1)45-32-36-61-56(38-45)51-19-8-11-23-59(51)74(61)69-71-67(48-30-34-53-52-20-9-12-24-62(52)76-65(53)41-48)70-68(72-69)54-21-13-25-64-66(54)57-40-47(33-37-63(57)75-64)44-28-26-43(27-29-44)46-31-35-60-55(39-46)50-18-7-10-22-58(50)73(60)49-16-5-2-6-17-49/h1-41H. The SMILES string of the molecule is c1ccc(-c2ccc3c(c2)c2ccccc2n3-c2nc(-c3ccc4c(c3)oc3ccccc34)nc(-c3cccc4oc5ccc(-c6ccc(-c7ccc8c(c7)c7ccccc7n8-c7ccccc7)cc6)cc5c34)n2)cc1. The van der Waals surface area contributed by atoms with E-state index >= 15 is 0 Å². The van der Waals surface area contributed by atoms with Gasteiger partial charge in [-0.2, -0.15) is 9.97 Å². The summed E-state index contributed by atoms with van der Waals surface area (Å²) in [4.78, 5) is 16.1. The summed E-state index contributed by atoms with van der Waals surface area (Å²) in [6.07, 6.45) is 0. The third-order valence-corrected chi connectivity index (χ3v) is 15.2. The molecule has 0 N–H and O–H groups in total. The van der Waals surface area contributed by atoms with Gasteiger partial charge in [-0.3, -0.25) is 4.57 Å². The lowest BCUT2D eigenvalue weighted by Crippen LogP contribution is -2.06. The van der Waals surface area contributed by atoms with Crippen LogP contribution in [0, 0.1) is 0 Å². The van der Waals surface area contributed by atoms with Gasteiger partial charge in [0, 0.05) is 59.9 Å². The minimum absolute atomic E-state index is 0.509. The van der Waals surface area contributed by atoms with E-state index in [0.717, 1.165) is 110 Å². The number of aromatic nitrogens is 5. The van der Waals surface area contributed by atoms with Crippen LogP contribution in [0.4, 0.5) is 0 Å². The van der Waals surface area contributed by atoms with Crippen LogP contribution in [-0.2, 0) is 0 Å². The normalized spacial score (nSPS) is 11.9. The molecule has 11 aromatic carbocycles. The Bertz CT molecular complexity index is 4990. The molecule has 0 aliphatic rings. The number of hydrogen-bond acceptors (Lipinski definition) is 5. The van der Waals surface area contributed by atoms with E-state index in [2.05, 4.69) is 221 Å². The van der Waals surface area contributed by atoms with Gasteiger partial charge in [0.25, 0.3) is 0 Å². The van der Waals surface area contributed by atoms with Gasteiger partial charge in [0.1, 0.15) is 22.3 Å². The largest absolute Gasteiger partial charge is 0.456 e. The second-order valence-corrected chi connectivity index (χ2v) is 19.5. The van der Waals surface area contributed by atoms with Crippen molar-refractivity contribution in [2.24, 2.45) is 0 Å². The fraction of sp³-hybridized carbons (Fsp3) is 0. The van der Waals surface area contributed by atoms with E-state index in [1.54, 1.807) is 0 Å². The molecule has 5 aromatic heterocycles. The maximum Gasteiger partial charge on any atom is 0.238 e. The van der Waals surface area contributed by atoms with Gasteiger partial charge in [0.05, 0.1) is 22.1 Å². The molecule has 0 aliphatic heterocycles. The lowest BCUT2D eigenvalue weighted by molar-refractivity contribution is 0.668. The van der Waals surface area contributed by atoms with Gasteiger partial charge in [0.15, 0.2) is 11.6 Å². The summed E-state index contributed by atoms with van der Waals surface area (Å²) in [5, 5.41) is 8.70. The highest BCUT2D eigenvalue weighted by atomic mass is 16.3. The van der Waals surface area contributed by atoms with E-state index in [1.165, 1.54) is 27.4 Å². The first-order valence-corrected chi connectivity index (χ1v) is 25.6. The zero-order valence-corrected chi connectivity index (χ0v) is 40.7. The van der Waals surface area contributed by atoms with E-state index < -0.39 is 0 Å². The van der Waals surface area contributed by atoms with Crippen molar-refractivity contribution < 1.29 is 8.83 Å². The highest BCUT2D eigenvalue weighted by Crippen LogP contribution is 2.42. The van der Waals surface area contributed by atoms with Gasteiger partial charge in [-0.25, -0.2) is 4.98 Å². The average molecular weight is 972 g/mol. The van der Waals surface area contributed by atoms with Crippen LogP contribution in [0.25, 0.3) is 155 Å². The maximum atomic E-state index is 6.64. The van der Waals surface area contributed by atoms with Gasteiger partial charge in [0.2, 0.25) is 5.95 Å². The van der Waals surface area contributed by atoms with Gasteiger partial charge in [-0.05, 0) is 118 Å². The van der Waals surface area contributed by atoms with Crippen LogP contribution in [0.1, 0.15) is 0 Å². The first kappa shape index (κ1) is 42.2. The zero-order valence-electron chi connectivity index (χ0n) is 40.7. The van der Waals surface area contributed by atoms with Gasteiger partial charge >= 0.3 is 0 Å². The molecule has 0 fully saturated rings. The zero-order chi connectivity index (χ0) is 49.8. The number of hydrogen-bond donors (Lipinski definition) is 0. The maximum absolute atomic E-state index is 6.64. The third kappa shape index (κ3) is 6.59. The van der Waals surface area contributed by atoms with Crippen LogP contribution in [0.3, 0.4) is 0 Å². The molecule has 0 radical (unpaired) electrons. The summed E-state index contributed by atoms with van der Waals surface area (Å²) < 4.78 is 17.6. The summed E-state index contributed by atoms with van der Waals surface area (Å²) in [7, 11) is 0. The van der Waals surface area contributed by atoms with Crippen LogP contribution in [-0.4, -0.2) is 24.1 Å². The summed E-state index contributed by atoms with van der Waals surface area (Å²) in [6.45, 7) is 0. The molecule has 16 aromatic rings. The molecule has 0 spiro atoms. The van der Waals surface area contributed by atoms with Crippen molar-refractivity contribution >= 4 is 87.5 Å². The monoisotopic (exact) mass is 971 g/mol. The van der Waals surface area contributed by atoms with E-state index in [0.29, 0.717) is 17.6 Å². The molecule has 0 unspecified atom stereocenters. The van der Waals surface area contributed by atoms with Gasteiger partial charge < -0.3 is 13.4 Å². The summed E-state index contributed by atoms with van der Waals surface area (Å²) in [5.74, 6) is 1.57. The van der Waals surface area contributed by atoms with Crippen LogP contribution >= 0.6 is 0 Å². The molecule has 0 saturated heterocycles. The molecule has 16 rings (SSSR count). The number of rotatable bonds is 7. The predicted octanol–water partition coefficient (Wildman–Crippen LogP) is 18.2. The Hall–Kier alpha value is -10.4. The van der Waals surface area contributed by atoms with Crippen molar-refractivity contribution in [1.82, 2.24) is 24.1 Å². The Labute approximate surface area is 434 Å². The molecular formula is C69H41N5O2. The smallest absolute Gasteiger partial charge is 0.238 e. The average Bonchev–Trinajstić information content (AvgIpc) is 4.26. The lowest BCUT2D eigenvalue weighted by atomic mass is 9.97. The first-order valence-electron chi connectivity index (χ1n) is 25.6. The Morgan fingerprint density at radius 3 is 1.47 bits per heavy atom. The van der Waals surface area contributed by atoms with Crippen LogP contribution in [0.2, 0.25) is 0 Å². The summed E-state index contributed by atoms with van der Waals surface area (Å²) in [5.41, 5.74) is 17.1. The molecular weight excluding hydrogens is 931 g/mol. The topological polar surface area (TPSA) is 74.8 Å². The molecule has 0 amide bonds. The second-order valence-electron chi connectivity index (χ2n) is 19.5. The quantitative estimate of drug-likeness (QED) is 0.159. The number of fused-ring (bicyclic) bond motifs is 12. The lowest BCUT2D eigenvalue weighted by Gasteiger charge is -2.12. The molecule has 0 saturated carbocycles. The number of furan rings is 2. The highest BCUT2D eigenvalue weighted by Gasteiger charge is 2.22. The van der Waals surface area contributed by atoms with Crippen molar-refractivity contribution in [1.29, 1.82) is 0 Å². The number of nitrogens with zero attached hydrogens (tertiary/aromatic N) is 5. The summed E-state index contributed by atoms with van der Waals surface area (Å²) in [6, 6.07) is 87.6. The number of para-hydroxylation sites is 4. The van der Waals surface area contributed by atoms with Crippen LogP contribution < -0.4 is 0 Å². The highest BCUT2D eigenvalue weighted by molar-refractivity contribution is 6.14. The van der Waals surface area contributed by atoms with Crippen molar-refractivity contribution in [2.75, 3.05) is 0 Å². The minimum Gasteiger partial charge on any atom is -0.456 e. The Morgan fingerprint density at radius 1 is 0.263 bits per heavy atom. The molecule has 0 aliphatic carbocycles. The van der Waals surface area contributed by atoms with Crippen LogP contribution in [0.15, 0.2) is 258 Å². The molecule has 7 heteroatoms. The Balaban J connectivity index is 0.838. The fourth-order valence-corrected chi connectivity index (χ4v) is 11.6. The van der Waals surface area contributed by atoms with Crippen molar-refractivity contribution in [2.45, 2.75) is 0 Å². The Morgan fingerprint density at radius 2 is 0.750 bits per heavy atom. The predicted molar refractivity (Wildman–Crippen MR) is 310 cm³/mol. The minimum atomic E-state index is 0.509. The molecule has 76 heavy (non-hydrogen) atoms. The van der Waals surface area contributed by atoms with Crippen molar-refractivity contribution in [3.8, 4) is 67.8 Å². The summed E-state index contributed by atoms with van der Waals surface area (Å²) >= 11 is 0. The van der Waals surface area contributed by atoms with Gasteiger partial charge in [-0.15, -0.1) is 0 Å². The van der Waals surface area contributed by atoms with E-state index in [-0.39, 0.29) is 0 Å². The van der Waals surface area contributed by atoms with E-state index in [1.807, 2.05) is 36.4 Å². The van der Waals surface area contributed by atoms with Crippen LogP contribution in [0.5, 0.6) is 0 Å². The Kier molecular flexibility index (Phi) is 9.20. The van der Waals surface area contributed by atoms with Crippen molar-refractivity contribution in [3.05, 3.63) is 249 Å². The second kappa shape index (κ2) is 16.6. The van der Waals surface area contributed by atoms with Crippen molar-refractivity contribution in [3.63, 3.8) is 0 Å². The third-order valence-electron chi connectivity index (χ3n) is 15.2.